The molecule has 1 N–H and O–H groups in total. The van der Waals surface area contributed by atoms with Crippen LogP contribution in [0.4, 0.5) is 5.69 Å². The van der Waals surface area contributed by atoms with Crippen LogP contribution in [0.15, 0.2) is 18.2 Å². The molecular weight excluding hydrogens is 290 g/mol. The average Bonchev–Trinajstić information content (AvgIpc) is 2.45. The summed E-state index contributed by atoms with van der Waals surface area (Å²) in [4.78, 5) is 27.6. The third-order valence-corrected chi connectivity index (χ3v) is 3.74. The van der Waals surface area contributed by atoms with Crippen LogP contribution < -0.4 is 5.32 Å². The maximum absolute atomic E-state index is 12.1. The molecule has 0 bridgehead atoms. The summed E-state index contributed by atoms with van der Waals surface area (Å²) in [5, 5.41) is 2.92. The van der Waals surface area contributed by atoms with E-state index >= 15 is 0 Å². The molecule has 0 saturated carbocycles. The number of hydrogen-bond acceptors (Lipinski definition) is 3. The Kier molecular flexibility index (Phi) is 7.75. The fourth-order valence-corrected chi connectivity index (χ4v) is 2.41. The van der Waals surface area contributed by atoms with Crippen LogP contribution in [0.3, 0.4) is 0 Å². The van der Waals surface area contributed by atoms with Gasteiger partial charge < -0.3 is 15.1 Å². The molecule has 0 aliphatic rings. The molecule has 0 heterocycles. The fraction of sp³-hybridized carbons (Fsp3) is 0.556. The molecule has 0 unspecified atom stereocenters. The molecule has 23 heavy (non-hydrogen) atoms. The van der Waals surface area contributed by atoms with E-state index in [1.54, 1.807) is 11.8 Å². The highest BCUT2D eigenvalue weighted by molar-refractivity contribution is 5.91. The van der Waals surface area contributed by atoms with Crippen LogP contribution in [0.2, 0.25) is 0 Å². The molecule has 5 nitrogen and oxygen atoms in total. The van der Waals surface area contributed by atoms with E-state index in [1.165, 1.54) is 5.56 Å². The Labute approximate surface area is 139 Å². The molecular formula is C18H29N3O2. The lowest BCUT2D eigenvalue weighted by Gasteiger charge is -2.22. The number of anilines is 1. The number of carbonyl (C=O) groups excluding carboxylic acids is 2. The second-order valence-electron chi connectivity index (χ2n) is 6.28. The second kappa shape index (κ2) is 9.30. The molecule has 5 heteroatoms. The molecule has 0 saturated heterocycles. The molecule has 128 valence electrons. The molecule has 0 atom stereocenters. The second-order valence-corrected chi connectivity index (χ2v) is 6.28. The summed E-state index contributed by atoms with van der Waals surface area (Å²) in [6.45, 7) is 7.63. The number of carbonyl (C=O) groups is 2. The monoisotopic (exact) mass is 319 g/mol. The van der Waals surface area contributed by atoms with E-state index in [1.807, 2.05) is 46.1 Å². The lowest BCUT2D eigenvalue weighted by molar-refractivity contribution is -0.129. The van der Waals surface area contributed by atoms with Gasteiger partial charge in [-0.25, -0.2) is 0 Å². The Hall–Kier alpha value is -1.88. The van der Waals surface area contributed by atoms with E-state index in [2.05, 4.69) is 10.2 Å². The van der Waals surface area contributed by atoms with Gasteiger partial charge in [-0.2, -0.15) is 0 Å². The van der Waals surface area contributed by atoms with Crippen LogP contribution in [0.25, 0.3) is 0 Å². The number of nitrogens with zero attached hydrogens (tertiary/aromatic N) is 2. The summed E-state index contributed by atoms with van der Waals surface area (Å²) in [6.07, 6.45) is 1.22. The molecule has 0 aliphatic carbocycles. The van der Waals surface area contributed by atoms with Crippen LogP contribution in [0.1, 0.15) is 30.9 Å². The maximum Gasteiger partial charge on any atom is 0.226 e. The quantitative estimate of drug-likeness (QED) is 0.801. The first kappa shape index (κ1) is 19.2. The molecule has 1 rings (SSSR count). The van der Waals surface area contributed by atoms with Crippen molar-refractivity contribution in [3.05, 3.63) is 29.3 Å². The first-order chi connectivity index (χ1) is 10.8. The van der Waals surface area contributed by atoms with Crippen LogP contribution in [0.5, 0.6) is 0 Å². The molecule has 0 fully saturated rings. The highest BCUT2D eigenvalue weighted by atomic mass is 16.2. The van der Waals surface area contributed by atoms with Crippen molar-refractivity contribution >= 4 is 17.5 Å². The first-order valence-electron chi connectivity index (χ1n) is 8.07. The van der Waals surface area contributed by atoms with Gasteiger partial charge in [0, 0.05) is 32.1 Å². The first-order valence-corrected chi connectivity index (χ1v) is 8.07. The van der Waals surface area contributed by atoms with E-state index in [0.29, 0.717) is 19.5 Å². The molecule has 0 aliphatic heterocycles. The van der Waals surface area contributed by atoms with Crippen LogP contribution in [-0.2, 0) is 9.59 Å². The predicted molar refractivity (Wildman–Crippen MR) is 94.6 cm³/mol. The normalized spacial score (nSPS) is 10.7. The summed E-state index contributed by atoms with van der Waals surface area (Å²) >= 11 is 0. The molecule has 2 amide bonds. The van der Waals surface area contributed by atoms with Gasteiger partial charge in [0.15, 0.2) is 0 Å². The van der Waals surface area contributed by atoms with Crippen molar-refractivity contribution in [2.75, 3.05) is 39.0 Å². The van der Waals surface area contributed by atoms with E-state index in [4.69, 9.17) is 0 Å². The van der Waals surface area contributed by atoms with Crippen LogP contribution >= 0.6 is 0 Å². The highest BCUT2D eigenvalue weighted by Gasteiger charge is 2.12. The van der Waals surface area contributed by atoms with Crippen molar-refractivity contribution in [1.29, 1.82) is 0 Å². The zero-order valence-electron chi connectivity index (χ0n) is 15.0. The van der Waals surface area contributed by atoms with E-state index in [0.717, 1.165) is 24.2 Å². The van der Waals surface area contributed by atoms with Crippen molar-refractivity contribution in [3.8, 4) is 0 Å². The predicted octanol–water partition coefficient (Wildman–Crippen LogP) is 2.43. The Bertz CT molecular complexity index is 541. The minimum atomic E-state index is -0.0594. The summed E-state index contributed by atoms with van der Waals surface area (Å²) in [5.74, 6) is -0.0427. The largest absolute Gasteiger partial charge is 0.342 e. The summed E-state index contributed by atoms with van der Waals surface area (Å²) < 4.78 is 0. The summed E-state index contributed by atoms with van der Waals surface area (Å²) in [7, 11) is 4.02. The molecule has 0 radical (unpaired) electrons. The fourth-order valence-electron chi connectivity index (χ4n) is 2.41. The van der Waals surface area contributed by atoms with Gasteiger partial charge in [0.25, 0.3) is 0 Å². The zero-order chi connectivity index (χ0) is 17.4. The topological polar surface area (TPSA) is 52.7 Å². The lowest BCUT2D eigenvalue weighted by Crippen LogP contribution is -2.34. The van der Waals surface area contributed by atoms with Crippen molar-refractivity contribution in [2.45, 2.75) is 33.6 Å². The lowest BCUT2D eigenvalue weighted by atomic mass is 10.1. The van der Waals surface area contributed by atoms with Gasteiger partial charge in [-0.1, -0.05) is 17.7 Å². The number of rotatable bonds is 8. The highest BCUT2D eigenvalue weighted by Crippen LogP contribution is 2.16. The number of aryl methyl sites for hydroxylation is 2. The smallest absolute Gasteiger partial charge is 0.226 e. The van der Waals surface area contributed by atoms with Gasteiger partial charge in [0.1, 0.15) is 0 Å². The third kappa shape index (κ3) is 7.28. The third-order valence-electron chi connectivity index (χ3n) is 3.74. The van der Waals surface area contributed by atoms with Crippen molar-refractivity contribution < 1.29 is 9.59 Å². The maximum atomic E-state index is 12.1. The molecule has 1 aromatic carbocycles. The van der Waals surface area contributed by atoms with Crippen molar-refractivity contribution in [3.63, 3.8) is 0 Å². The Morgan fingerprint density at radius 1 is 1.09 bits per heavy atom. The van der Waals surface area contributed by atoms with E-state index in [9.17, 15) is 9.59 Å². The van der Waals surface area contributed by atoms with E-state index < -0.39 is 0 Å². The Morgan fingerprint density at radius 3 is 2.35 bits per heavy atom. The van der Waals surface area contributed by atoms with E-state index in [-0.39, 0.29) is 11.8 Å². The van der Waals surface area contributed by atoms with Gasteiger partial charge in [0.05, 0.1) is 0 Å². The van der Waals surface area contributed by atoms with Crippen molar-refractivity contribution in [2.24, 2.45) is 0 Å². The molecule has 0 aromatic heterocycles. The minimum Gasteiger partial charge on any atom is -0.342 e. The number of benzene rings is 1. The standard InChI is InChI=1S/C18H29N3O2/c1-14-7-8-17(15(2)13-14)19-18(23)9-12-21(16(3)22)11-6-10-20(4)5/h7-8,13H,6,9-12H2,1-5H3,(H,19,23). The van der Waals surface area contributed by atoms with Crippen LogP contribution in [0, 0.1) is 13.8 Å². The van der Waals surface area contributed by atoms with Gasteiger partial charge in [-0.3, -0.25) is 9.59 Å². The summed E-state index contributed by atoms with van der Waals surface area (Å²) in [6, 6.07) is 5.94. The summed E-state index contributed by atoms with van der Waals surface area (Å²) in [5.41, 5.74) is 3.06. The number of amides is 2. The number of nitrogens with one attached hydrogen (secondary N) is 1. The van der Waals surface area contributed by atoms with Crippen LogP contribution in [-0.4, -0.2) is 55.3 Å². The average molecular weight is 319 g/mol. The molecule has 0 spiro atoms. The minimum absolute atomic E-state index is 0.0167. The zero-order valence-corrected chi connectivity index (χ0v) is 15.0. The van der Waals surface area contributed by atoms with Gasteiger partial charge >= 0.3 is 0 Å². The molecule has 1 aromatic rings. The van der Waals surface area contributed by atoms with Gasteiger partial charge in [0.2, 0.25) is 11.8 Å². The Balaban J connectivity index is 2.47. The Morgan fingerprint density at radius 2 is 1.78 bits per heavy atom. The van der Waals surface area contributed by atoms with Gasteiger partial charge in [-0.15, -0.1) is 0 Å². The van der Waals surface area contributed by atoms with Crippen molar-refractivity contribution in [1.82, 2.24) is 9.80 Å². The van der Waals surface area contributed by atoms with Gasteiger partial charge in [-0.05, 0) is 52.5 Å². The SMILES string of the molecule is CC(=O)N(CCCN(C)C)CCC(=O)Nc1ccc(C)cc1C. The number of hydrogen-bond donors (Lipinski definition) is 1.